The fraction of sp³-hybridized carbons (Fsp3) is 0.688. The predicted octanol–water partition coefficient (Wildman–Crippen LogP) is 1.96. The maximum Gasteiger partial charge on any atom is 0.0466 e. The molecule has 0 aliphatic heterocycles. The molecule has 0 bridgehead atoms. The van der Waals surface area contributed by atoms with Gasteiger partial charge < -0.3 is 15.0 Å². The van der Waals surface area contributed by atoms with Gasteiger partial charge in [0.1, 0.15) is 0 Å². The molecule has 0 radical (unpaired) electrons. The van der Waals surface area contributed by atoms with Gasteiger partial charge in [0.05, 0.1) is 0 Å². The van der Waals surface area contributed by atoms with Crippen LogP contribution in [0.5, 0.6) is 0 Å². The summed E-state index contributed by atoms with van der Waals surface area (Å²) in [6, 6.07) is 6.10. The van der Waals surface area contributed by atoms with Crippen molar-refractivity contribution in [3.8, 4) is 0 Å². The molecule has 0 saturated heterocycles. The predicted molar refractivity (Wildman–Crippen MR) is 84.0 cm³/mol. The molecule has 0 saturated carbocycles. The summed E-state index contributed by atoms with van der Waals surface area (Å²) in [5.41, 5.74) is 1.17. The van der Waals surface area contributed by atoms with E-state index in [1.807, 2.05) is 25.3 Å². The van der Waals surface area contributed by atoms with E-state index < -0.39 is 0 Å². The van der Waals surface area contributed by atoms with Crippen molar-refractivity contribution >= 4 is 0 Å². The Bertz CT molecular complexity index is 319. The van der Waals surface area contributed by atoms with Crippen LogP contribution >= 0.6 is 0 Å². The SMILES string of the molecule is CCOCCCCNCCN(C)CCc1ccccn1. The van der Waals surface area contributed by atoms with Gasteiger partial charge in [0.25, 0.3) is 0 Å². The Morgan fingerprint density at radius 1 is 1.20 bits per heavy atom. The third-order valence-electron chi connectivity index (χ3n) is 3.24. The molecular formula is C16H29N3O. The van der Waals surface area contributed by atoms with E-state index in [0.717, 1.165) is 52.2 Å². The monoisotopic (exact) mass is 279 g/mol. The average molecular weight is 279 g/mol. The Labute approximate surface area is 123 Å². The van der Waals surface area contributed by atoms with E-state index in [9.17, 15) is 0 Å². The number of rotatable bonds is 12. The first-order chi connectivity index (χ1) is 9.83. The lowest BCUT2D eigenvalue weighted by Crippen LogP contribution is -2.31. The van der Waals surface area contributed by atoms with Crippen molar-refractivity contribution in [1.29, 1.82) is 0 Å². The lowest BCUT2D eigenvalue weighted by molar-refractivity contribution is 0.143. The highest BCUT2D eigenvalue weighted by molar-refractivity contribution is 5.03. The van der Waals surface area contributed by atoms with Crippen LogP contribution in [0.1, 0.15) is 25.5 Å². The van der Waals surface area contributed by atoms with Crippen LogP contribution in [-0.4, -0.2) is 56.3 Å². The summed E-state index contributed by atoms with van der Waals surface area (Å²) in [5, 5.41) is 3.48. The number of nitrogens with one attached hydrogen (secondary N) is 1. The molecule has 0 atom stereocenters. The van der Waals surface area contributed by atoms with Gasteiger partial charge in [-0.3, -0.25) is 4.98 Å². The highest BCUT2D eigenvalue weighted by Crippen LogP contribution is 1.96. The zero-order chi connectivity index (χ0) is 14.5. The Morgan fingerprint density at radius 2 is 2.10 bits per heavy atom. The van der Waals surface area contributed by atoms with E-state index in [-0.39, 0.29) is 0 Å². The van der Waals surface area contributed by atoms with Crippen molar-refractivity contribution in [2.75, 3.05) is 46.4 Å². The molecule has 0 aliphatic rings. The summed E-state index contributed by atoms with van der Waals surface area (Å²) in [4.78, 5) is 6.69. The molecule has 4 nitrogen and oxygen atoms in total. The molecule has 20 heavy (non-hydrogen) atoms. The summed E-state index contributed by atoms with van der Waals surface area (Å²) < 4.78 is 5.31. The summed E-state index contributed by atoms with van der Waals surface area (Å²) >= 11 is 0. The second-order valence-corrected chi connectivity index (χ2v) is 5.03. The molecule has 1 aromatic rings. The Hall–Kier alpha value is -0.970. The molecule has 4 heteroatoms. The fourth-order valence-electron chi connectivity index (χ4n) is 1.96. The van der Waals surface area contributed by atoms with Gasteiger partial charge in [-0.25, -0.2) is 0 Å². The number of nitrogens with zero attached hydrogens (tertiary/aromatic N) is 2. The molecule has 0 fully saturated rings. The van der Waals surface area contributed by atoms with Crippen molar-refractivity contribution in [3.05, 3.63) is 30.1 Å². The van der Waals surface area contributed by atoms with Gasteiger partial charge in [-0.05, 0) is 45.5 Å². The second kappa shape index (κ2) is 11.8. The molecule has 1 heterocycles. The summed E-state index contributed by atoms with van der Waals surface area (Å²) in [5.74, 6) is 0. The van der Waals surface area contributed by atoms with E-state index in [0.29, 0.717) is 0 Å². The van der Waals surface area contributed by atoms with Gasteiger partial charge in [-0.1, -0.05) is 6.07 Å². The maximum atomic E-state index is 5.31. The first-order valence-corrected chi connectivity index (χ1v) is 7.70. The van der Waals surface area contributed by atoms with Crippen LogP contribution in [0.4, 0.5) is 0 Å². The smallest absolute Gasteiger partial charge is 0.0466 e. The lowest BCUT2D eigenvalue weighted by atomic mass is 10.2. The standard InChI is InChI=1S/C16H29N3O/c1-3-20-15-7-6-10-17-12-14-19(2)13-9-16-8-4-5-11-18-16/h4-5,8,11,17H,3,6-7,9-10,12-15H2,1-2H3. The van der Waals surface area contributed by atoms with E-state index >= 15 is 0 Å². The number of ether oxygens (including phenoxy) is 1. The van der Waals surface area contributed by atoms with Crippen molar-refractivity contribution in [1.82, 2.24) is 15.2 Å². The minimum absolute atomic E-state index is 0.828. The van der Waals surface area contributed by atoms with Crippen LogP contribution in [0.25, 0.3) is 0 Å². The minimum Gasteiger partial charge on any atom is -0.382 e. The second-order valence-electron chi connectivity index (χ2n) is 5.03. The van der Waals surface area contributed by atoms with Crippen molar-refractivity contribution in [3.63, 3.8) is 0 Å². The number of aromatic nitrogens is 1. The van der Waals surface area contributed by atoms with Crippen LogP contribution in [0, 0.1) is 0 Å². The van der Waals surface area contributed by atoms with Gasteiger partial charge in [0.15, 0.2) is 0 Å². The fourth-order valence-corrected chi connectivity index (χ4v) is 1.96. The van der Waals surface area contributed by atoms with Gasteiger partial charge >= 0.3 is 0 Å². The van der Waals surface area contributed by atoms with Crippen LogP contribution in [0.15, 0.2) is 24.4 Å². The van der Waals surface area contributed by atoms with Crippen molar-refractivity contribution in [2.24, 2.45) is 0 Å². The van der Waals surface area contributed by atoms with Crippen LogP contribution in [0.3, 0.4) is 0 Å². The molecule has 1 N–H and O–H groups in total. The molecule has 0 aromatic carbocycles. The quantitative estimate of drug-likeness (QED) is 0.594. The summed E-state index contributed by atoms with van der Waals surface area (Å²) in [7, 11) is 2.17. The molecule has 0 amide bonds. The minimum atomic E-state index is 0.828. The highest BCUT2D eigenvalue weighted by atomic mass is 16.5. The van der Waals surface area contributed by atoms with Gasteiger partial charge in [-0.2, -0.15) is 0 Å². The Balaban J connectivity index is 1.91. The third kappa shape index (κ3) is 9.02. The molecular weight excluding hydrogens is 250 g/mol. The zero-order valence-corrected chi connectivity index (χ0v) is 13.0. The van der Waals surface area contributed by atoms with Gasteiger partial charge in [0.2, 0.25) is 0 Å². The number of hydrogen-bond acceptors (Lipinski definition) is 4. The van der Waals surface area contributed by atoms with E-state index in [2.05, 4.69) is 28.3 Å². The Kier molecular flexibility index (Phi) is 10.1. The highest BCUT2D eigenvalue weighted by Gasteiger charge is 1.99. The van der Waals surface area contributed by atoms with Crippen molar-refractivity contribution in [2.45, 2.75) is 26.2 Å². The van der Waals surface area contributed by atoms with E-state index in [1.165, 1.54) is 12.1 Å². The van der Waals surface area contributed by atoms with Gasteiger partial charge in [0, 0.05) is 51.2 Å². The molecule has 0 spiro atoms. The van der Waals surface area contributed by atoms with Crippen molar-refractivity contribution < 1.29 is 4.74 Å². The molecule has 1 aromatic heterocycles. The number of likely N-dealkylation sites (N-methyl/N-ethyl adjacent to an activating group) is 1. The summed E-state index contributed by atoms with van der Waals surface area (Å²) in [6.45, 7) is 8.03. The normalized spacial score (nSPS) is 11.2. The topological polar surface area (TPSA) is 37.4 Å². The molecule has 0 unspecified atom stereocenters. The number of hydrogen-bond donors (Lipinski definition) is 1. The lowest BCUT2D eigenvalue weighted by Gasteiger charge is -2.16. The largest absolute Gasteiger partial charge is 0.382 e. The number of pyridine rings is 1. The third-order valence-corrected chi connectivity index (χ3v) is 3.24. The first kappa shape index (κ1) is 17.1. The van der Waals surface area contributed by atoms with Crippen LogP contribution in [0.2, 0.25) is 0 Å². The van der Waals surface area contributed by atoms with Crippen LogP contribution < -0.4 is 5.32 Å². The van der Waals surface area contributed by atoms with Gasteiger partial charge in [-0.15, -0.1) is 0 Å². The molecule has 114 valence electrons. The molecule has 1 rings (SSSR count). The first-order valence-electron chi connectivity index (χ1n) is 7.70. The summed E-state index contributed by atoms with van der Waals surface area (Å²) in [6.07, 6.45) is 5.22. The van der Waals surface area contributed by atoms with E-state index in [1.54, 1.807) is 0 Å². The van der Waals surface area contributed by atoms with Crippen LogP contribution in [-0.2, 0) is 11.2 Å². The Morgan fingerprint density at radius 3 is 2.85 bits per heavy atom. The number of unbranched alkanes of at least 4 members (excludes halogenated alkanes) is 1. The average Bonchev–Trinajstić information content (AvgIpc) is 2.49. The maximum absolute atomic E-state index is 5.31. The molecule has 0 aliphatic carbocycles. The zero-order valence-electron chi connectivity index (χ0n) is 13.0. The van der Waals surface area contributed by atoms with E-state index in [4.69, 9.17) is 4.74 Å².